The van der Waals surface area contributed by atoms with E-state index < -0.39 is 8.46 Å². The first kappa shape index (κ1) is 11.3. The van der Waals surface area contributed by atoms with Gasteiger partial charge in [0, 0.05) is 5.75 Å². The van der Waals surface area contributed by atoms with Crippen LogP contribution in [-0.2, 0) is 0 Å². The Morgan fingerprint density at radius 3 is 2.47 bits per heavy atom. The molecule has 15 heavy (non-hydrogen) atoms. The van der Waals surface area contributed by atoms with E-state index in [-0.39, 0.29) is 0 Å². The van der Waals surface area contributed by atoms with Gasteiger partial charge in [0.15, 0.2) is 0 Å². The molecule has 1 aromatic rings. The summed E-state index contributed by atoms with van der Waals surface area (Å²) in [7, 11) is -0.448. The molecule has 0 bridgehead atoms. The summed E-state index contributed by atoms with van der Waals surface area (Å²) in [4.78, 5) is 0. The zero-order valence-electron chi connectivity index (χ0n) is 8.86. The predicted molar refractivity (Wildman–Crippen MR) is 75.8 cm³/mol. The molecule has 0 saturated carbocycles. The molecule has 1 aliphatic heterocycles. The molecule has 1 saturated heterocycles. The summed E-state index contributed by atoms with van der Waals surface area (Å²) in [6.45, 7) is 0. The van der Waals surface area contributed by atoms with Crippen molar-refractivity contribution in [1.29, 1.82) is 0 Å². The molecule has 2 rings (SSSR count). The fraction of sp³-hybridized carbons (Fsp3) is 0.385. The zero-order chi connectivity index (χ0) is 10.6. The van der Waals surface area contributed by atoms with Gasteiger partial charge in [-0.3, -0.25) is 0 Å². The zero-order valence-corrected chi connectivity index (χ0v) is 11.3. The second kappa shape index (κ2) is 5.22. The normalized spacial score (nSPS) is 21.9. The van der Waals surface area contributed by atoms with Crippen molar-refractivity contribution in [2.45, 2.75) is 12.8 Å². The summed E-state index contributed by atoms with van der Waals surface area (Å²) in [6, 6.07) is 10.5. The van der Waals surface area contributed by atoms with Crippen molar-refractivity contribution < 1.29 is 0 Å². The Labute approximate surface area is 101 Å². The van der Waals surface area contributed by atoms with E-state index in [9.17, 15) is 0 Å². The van der Waals surface area contributed by atoms with Gasteiger partial charge in [-0.2, -0.15) is 8.46 Å². The minimum absolute atomic E-state index is 0.448. The van der Waals surface area contributed by atoms with E-state index in [1.165, 1.54) is 35.7 Å². The van der Waals surface area contributed by atoms with Crippen molar-refractivity contribution in [3.05, 3.63) is 42.0 Å². The van der Waals surface area contributed by atoms with E-state index in [2.05, 4.69) is 57.3 Å². The maximum Gasteiger partial charge on any atom is 0.00475 e. The molecule has 0 radical (unpaired) electrons. The first-order valence-corrected chi connectivity index (χ1v) is 9.44. The molecule has 0 aromatic heterocycles. The van der Waals surface area contributed by atoms with Crippen LogP contribution < -0.4 is 0 Å². The van der Waals surface area contributed by atoms with Crippen molar-refractivity contribution in [3.8, 4) is 0 Å². The topological polar surface area (TPSA) is 0 Å². The fourth-order valence-electron chi connectivity index (χ4n) is 1.91. The molecule has 0 nitrogen and oxygen atoms in total. The molecular formula is C13H17BrS. The Hall–Kier alpha value is -0.210. The van der Waals surface area contributed by atoms with Crippen LogP contribution in [-0.4, -0.2) is 17.3 Å². The van der Waals surface area contributed by atoms with Crippen LogP contribution in [0.5, 0.6) is 0 Å². The molecule has 1 aromatic carbocycles. The van der Waals surface area contributed by atoms with Gasteiger partial charge in [0.05, 0.1) is 0 Å². The lowest BCUT2D eigenvalue weighted by atomic mass is 10.2. The van der Waals surface area contributed by atoms with E-state index in [0.717, 1.165) is 0 Å². The molecule has 0 atom stereocenters. The number of hydrogen-bond acceptors (Lipinski definition) is 0. The lowest BCUT2D eigenvalue weighted by Crippen LogP contribution is -1.95. The predicted octanol–water partition coefficient (Wildman–Crippen LogP) is 4.61. The van der Waals surface area contributed by atoms with Crippen molar-refractivity contribution in [1.82, 2.24) is 0 Å². The smallest absolute Gasteiger partial charge is 0.00475 e. The minimum Gasteiger partial charge on any atom is -0.180 e. The highest BCUT2D eigenvalue weighted by atomic mass is 79.9. The van der Waals surface area contributed by atoms with Crippen molar-refractivity contribution >= 4 is 29.4 Å². The lowest BCUT2D eigenvalue weighted by Gasteiger charge is -2.25. The molecular weight excluding hydrogens is 268 g/mol. The monoisotopic (exact) mass is 284 g/mol. The van der Waals surface area contributed by atoms with Gasteiger partial charge in [0.1, 0.15) is 0 Å². The van der Waals surface area contributed by atoms with Gasteiger partial charge in [-0.15, -0.1) is 0 Å². The molecule has 1 heterocycles. The molecule has 82 valence electrons. The van der Waals surface area contributed by atoms with Crippen LogP contribution in [0.25, 0.3) is 6.08 Å². The number of hydrogen-bond donors (Lipinski definition) is 0. The van der Waals surface area contributed by atoms with E-state index >= 15 is 0 Å². The first-order valence-electron chi connectivity index (χ1n) is 5.46. The molecule has 1 fully saturated rings. The number of rotatable bonds is 3. The Balaban J connectivity index is 1.90. The maximum absolute atomic E-state index is 3.95. The number of halogens is 1. The van der Waals surface area contributed by atoms with Crippen LogP contribution in [0, 0.1) is 0 Å². The fourth-order valence-corrected chi connectivity index (χ4v) is 6.16. The molecule has 0 amide bonds. The highest BCUT2D eigenvalue weighted by Crippen LogP contribution is 2.60. The van der Waals surface area contributed by atoms with Crippen LogP contribution in [0.2, 0.25) is 0 Å². The third-order valence-electron chi connectivity index (χ3n) is 2.78. The summed E-state index contributed by atoms with van der Waals surface area (Å²) in [5.41, 5.74) is 1.31. The molecule has 0 unspecified atom stereocenters. The summed E-state index contributed by atoms with van der Waals surface area (Å²) >= 11 is 3.95. The summed E-state index contributed by atoms with van der Waals surface area (Å²) in [5, 5.41) is 0. The van der Waals surface area contributed by atoms with E-state index in [1.807, 2.05) is 0 Å². The summed E-state index contributed by atoms with van der Waals surface area (Å²) in [5.74, 6) is 4.06. The quantitative estimate of drug-likeness (QED) is 0.761. The maximum atomic E-state index is 3.95. The SMILES string of the molecule is BrS1(C/C=C/c2ccccc2)CCCC1. The van der Waals surface area contributed by atoms with Gasteiger partial charge in [-0.05, 0) is 44.7 Å². The van der Waals surface area contributed by atoms with E-state index in [0.29, 0.717) is 0 Å². The Bertz CT molecular complexity index is 326. The van der Waals surface area contributed by atoms with E-state index in [1.54, 1.807) is 0 Å². The van der Waals surface area contributed by atoms with E-state index in [4.69, 9.17) is 0 Å². The third kappa shape index (κ3) is 3.39. The second-order valence-corrected chi connectivity index (χ2v) is 11.2. The molecule has 1 aliphatic rings. The highest BCUT2D eigenvalue weighted by molar-refractivity contribution is 9.58. The second-order valence-electron chi connectivity index (χ2n) is 4.03. The van der Waals surface area contributed by atoms with Crippen molar-refractivity contribution in [2.24, 2.45) is 0 Å². The van der Waals surface area contributed by atoms with Crippen molar-refractivity contribution in [3.63, 3.8) is 0 Å². The Morgan fingerprint density at radius 1 is 1.13 bits per heavy atom. The molecule has 0 aliphatic carbocycles. The van der Waals surface area contributed by atoms with Gasteiger partial charge >= 0.3 is 0 Å². The average molecular weight is 285 g/mol. The molecule has 0 N–H and O–H groups in total. The third-order valence-corrected chi connectivity index (χ3v) is 8.34. The largest absolute Gasteiger partial charge is 0.180 e. The lowest BCUT2D eigenvalue weighted by molar-refractivity contribution is 0.949. The summed E-state index contributed by atoms with van der Waals surface area (Å²) in [6.07, 6.45) is 7.42. The van der Waals surface area contributed by atoms with Gasteiger partial charge < -0.3 is 0 Å². The van der Waals surface area contributed by atoms with Crippen LogP contribution in [0.3, 0.4) is 0 Å². The van der Waals surface area contributed by atoms with Gasteiger partial charge in [0.2, 0.25) is 0 Å². The standard InChI is InChI=1S/C13H17BrS/c14-15(10-4-5-11-15)12-6-9-13-7-2-1-3-8-13/h1-3,6-9H,4-5,10-12H2/b9-6+. The number of benzene rings is 1. The summed E-state index contributed by atoms with van der Waals surface area (Å²) < 4.78 is 0. The van der Waals surface area contributed by atoms with Crippen LogP contribution >= 0.6 is 23.3 Å². The van der Waals surface area contributed by atoms with Crippen molar-refractivity contribution in [2.75, 3.05) is 17.3 Å². The molecule has 0 spiro atoms. The van der Waals surface area contributed by atoms with Crippen LogP contribution in [0.4, 0.5) is 0 Å². The van der Waals surface area contributed by atoms with Gasteiger partial charge in [0.25, 0.3) is 0 Å². The van der Waals surface area contributed by atoms with Gasteiger partial charge in [-0.25, -0.2) is 0 Å². The van der Waals surface area contributed by atoms with Gasteiger partial charge in [-0.1, -0.05) is 42.5 Å². The Morgan fingerprint density at radius 2 is 1.80 bits per heavy atom. The molecule has 2 heteroatoms. The minimum atomic E-state index is -0.448. The highest BCUT2D eigenvalue weighted by Gasteiger charge is 2.23. The average Bonchev–Trinajstić information content (AvgIpc) is 2.67. The van der Waals surface area contributed by atoms with Crippen LogP contribution in [0.15, 0.2) is 36.4 Å². The first-order chi connectivity index (χ1) is 7.29. The van der Waals surface area contributed by atoms with Crippen LogP contribution in [0.1, 0.15) is 18.4 Å². The Kier molecular flexibility index (Phi) is 3.92.